The van der Waals surface area contributed by atoms with Gasteiger partial charge in [0.1, 0.15) is 11.9 Å². The molecule has 2 N–H and O–H groups in total. The maximum Gasteiger partial charge on any atom is 0.339 e. The molecule has 0 radical (unpaired) electrons. The first-order valence-electron chi connectivity index (χ1n) is 4.54. The number of rotatable bonds is 2. The fourth-order valence-corrected chi connectivity index (χ4v) is 1.44. The number of carboxylic acids is 1. The number of hydrogen-bond donors (Lipinski definition) is 2. The number of nitrogens with zero attached hydrogens (tertiary/aromatic N) is 4. The Labute approximate surface area is 90.6 Å². The van der Waals surface area contributed by atoms with Gasteiger partial charge in [0.15, 0.2) is 11.6 Å². The largest absolute Gasteiger partial charge is 0.478 e. The minimum absolute atomic E-state index is 0.128. The molecule has 82 valence electrons. The van der Waals surface area contributed by atoms with Crippen molar-refractivity contribution in [3.8, 4) is 11.6 Å². The standard InChI is InChI=1S/C9H9N5O2/c1-4-6(9(15)16)5(2)13-8(12-4)7-10-3-11-14-7/h3H,1-2H3,(H,15,16)(H,10,11,14). The summed E-state index contributed by atoms with van der Waals surface area (Å²) in [6.45, 7) is 3.25. The molecule has 0 fully saturated rings. The lowest BCUT2D eigenvalue weighted by atomic mass is 10.2. The molecule has 0 aromatic carbocycles. The molecule has 2 aromatic heterocycles. The van der Waals surface area contributed by atoms with Gasteiger partial charge in [-0.25, -0.2) is 19.7 Å². The van der Waals surface area contributed by atoms with Crippen molar-refractivity contribution in [3.05, 3.63) is 23.3 Å². The fourth-order valence-electron chi connectivity index (χ4n) is 1.44. The summed E-state index contributed by atoms with van der Waals surface area (Å²) in [5, 5.41) is 15.3. The average Bonchev–Trinajstić information content (AvgIpc) is 2.67. The van der Waals surface area contributed by atoms with E-state index in [-0.39, 0.29) is 5.56 Å². The van der Waals surface area contributed by atoms with Crippen molar-refractivity contribution in [1.82, 2.24) is 25.1 Å². The number of aromatic carboxylic acids is 1. The average molecular weight is 219 g/mol. The number of H-pyrrole nitrogens is 1. The maximum atomic E-state index is 10.9. The van der Waals surface area contributed by atoms with Gasteiger partial charge in [0, 0.05) is 0 Å². The van der Waals surface area contributed by atoms with Gasteiger partial charge in [-0.1, -0.05) is 0 Å². The maximum absolute atomic E-state index is 10.9. The lowest BCUT2D eigenvalue weighted by molar-refractivity contribution is 0.0694. The number of aryl methyl sites for hydroxylation is 2. The van der Waals surface area contributed by atoms with Crippen molar-refractivity contribution in [2.45, 2.75) is 13.8 Å². The summed E-state index contributed by atoms with van der Waals surface area (Å²) in [5.41, 5.74) is 0.945. The summed E-state index contributed by atoms with van der Waals surface area (Å²) in [6, 6.07) is 0. The molecule has 0 amide bonds. The van der Waals surface area contributed by atoms with Crippen molar-refractivity contribution in [3.63, 3.8) is 0 Å². The lowest BCUT2D eigenvalue weighted by Gasteiger charge is -2.05. The lowest BCUT2D eigenvalue weighted by Crippen LogP contribution is -2.08. The number of aromatic amines is 1. The first-order chi connectivity index (χ1) is 7.59. The highest BCUT2D eigenvalue weighted by molar-refractivity contribution is 5.90. The van der Waals surface area contributed by atoms with Crippen LogP contribution in [0.3, 0.4) is 0 Å². The van der Waals surface area contributed by atoms with E-state index < -0.39 is 5.97 Å². The van der Waals surface area contributed by atoms with E-state index in [1.807, 2.05) is 0 Å². The second-order valence-corrected chi connectivity index (χ2v) is 3.23. The highest BCUT2D eigenvalue weighted by Crippen LogP contribution is 2.14. The van der Waals surface area contributed by atoms with Crippen LogP contribution in [0.25, 0.3) is 11.6 Å². The normalized spacial score (nSPS) is 10.4. The zero-order chi connectivity index (χ0) is 11.7. The van der Waals surface area contributed by atoms with Crippen LogP contribution in [-0.4, -0.2) is 36.2 Å². The summed E-state index contributed by atoms with van der Waals surface area (Å²) in [5.74, 6) is -0.264. The van der Waals surface area contributed by atoms with Crippen LogP contribution in [-0.2, 0) is 0 Å². The highest BCUT2D eigenvalue weighted by atomic mass is 16.4. The van der Waals surface area contributed by atoms with E-state index >= 15 is 0 Å². The van der Waals surface area contributed by atoms with Gasteiger partial charge in [0.05, 0.1) is 11.4 Å². The van der Waals surface area contributed by atoms with E-state index in [1.54, 1.807) is 13.8 Å². The van der Waals surface area contributed by atoms with Crippen LogP contribution in [0.5, 0.6) is 0 Å². The summed E-state index contributed by atoms with van der Waals surface area (Å²) >= 11 is 0. The van der Waals surface area contributed by atoms with Crippen LogP contribution in [0.1, 0.15) is 21.7 Å². The molecule has 2 rings (SSSR count). The molecule has 0 saturated heterocycles. The Balaban J connectivity index is 2.58. The quantitative estimate of drug-likeness (QED) is 0.765. The van der Waals surface area contributed by atoms with Crippen molar-refractivity contribution < 1.29 is 9.90 Å². The number of carboxylic acid groups (broad SMARTS) is 1. The van der Waals surface area contributed by atoms with Crippen molar-refractivity contribution >= 4 is 5.97 Å². The first kappa shape index (κ1) is 10.2. The summed E-state index contributed by atoms with van der Waals surface area (Å²) in [6.07, 6.45) is 1.34. The molecule has 7 heteroatoms. The minimum Gasteiger partial charge on any atom is -0.478 e. The van der Waals surface area contributed by atoms with Gasteiger partial charge in [-0.2, -0.15) is 5.10 Å². The topological polar surface area (TPSA) is 105 Å². The number of nitrogens with one attached hydrogen (secondary N) is 1. The van der Waals surface area contributed by atoms with E-state index in [0.29, 0.717) is 23.0 Å². The summed E-state index contributed by atoms with van der Waals surface area (Å²) < 4.78 is 0. The number of aromatic nitrogens is 5. The van der Waals surface area contributed by atoms with Gasteiger partial charge in [0.2, 0.25) is 0 Å². The van der Waals surface area contributed by atoms with Crippen LogP contribution in [0.4, 0.5) is 0 Å². The SMILES string of the molecule is Cc1nc(-c2ncn[nH]2)nc(C)c1C(=O)O. The van der Waals surface area contributed by atoms with Crippen LogP contribution in [0.2, 0.25) is 0 Å². The molecule has 0 saturated carbocycles. The van der Waals surface area contributed by atoms with Crippen LogP contribution < -0.4 is 0 Å². The zero-order valence-electron chi connectivity index (χ0n) is 8.72. The zero-order valence-corrected chi connectivity index (χ0v) is 8.72. The Morgan fingerprint density at radius 2 is 1.94 bits per heavy atom. The Bertz CT molecular complexity index is 512. The molecule has 7 nitrogen and oxygen atoms in total. The van der Waals surface area contributed by atoms with Gasteiger partial charge in [-0.3, -0.25) is 5.10 Å². The van der Waals surface area contributed by atoms with Crippen molar-refractivity contribution in [2.24, 2.45) is 0 Å². The van der Waals surface area contributed by atoms with E-state index in [2.05, 4.69) is 25.1 Å². The van der Waals surface area contributed by atoms with Gasteiger partial charge >= 0.3 is 5.97 Å². The second-order valence-electron chi connectivity index (χ2n) is 3.23. The molecule has 2 heterocycles. The van der Waals surface area contributed by atoms with Gasteiger partial charge < -0.3 is 5.11 Å². The van der Waals surface area contributed by atoms with Crippen molar-refractivity contribution in [1.29, 1.82) is 0 Å². The third-order valence-electron chi connectivity index (χ3n) is 2.11. The van der Waals surface area contributed by atoms with Gasteiger partial charge in [-0.15, -0.1) is 0 Å². The Hall–Kier alpha value is -2.31. The van der Waals surface area contributed by atoms with Crippen molar-refractivity contribution in [2.75, 3.05) is 0 Å². The van der Waals surface area contributed by atoms with E-state index in [1.165, 1.54) is 6.33 Å². The first-order valence-corrected chi connectivity index (χ1v) is 4.54. The minimum atomic E-state index is -1.03. The molecule has 0 aliphatic heterocycles. The molecular formula is C9H9N5O2. The Morgan fingerprint density at radius 1 is 1.31 bits per heavy atom. The second kappa shape index (κ2) is 3.69. The summed E-state index contributed by atoms with van der Waals surface area (Å²) in [4.78, 5) is 23.0. The number of carbonyl (C=O) groups is 1. The third-order valence-corrected chi connectivity index (χ3v) is 2.11. The molecule has 0 atom stereocenters. The third kappa shape index (κ3) is 1.62. The predicted octanol–water partition coefficient (Wildman–Crippen LogP) is 0.577. The van der Waals surface area contributed by atoms with E-state index in [4.69, 9.17) is 5.11 Å². The molecule has 0 aliphatic carbocycles. The highest BCUT2D eigenvalue weighted by Gasteiger charge is 2.16. The van der Waals surface area contributed by atoms with Crippen LogP contribution in [0, 0.1) is 13.8 Å². The van der Waals surface area contributed by atoms with Crippen LogP contribution in [0.15, 0.2) is 6.33 Å². The fraction of sp³-hybridized carbons (Fsp3) is 0.222. The molecule has 0 bridgehead atoms. The Kier molecular flexibility index (Phi) is 2.35. The number of hydrogen-bond acceptors (Lipinski definition) is 5. The Morgan fingerprint density at radius 3 is 2.38 bits per heavy atom. The molecule has 16 heavy (non-hydrogen) atoms. The van der Waals surface area contributed by atoms with E-state index in [9.17, 15) is 4.79 Å². The predicted molar refractivity (Wildman–Crippen MR) is 53.8 cm³/mol. The van der Waals surface area contributed by atoms with E-state index in [0.717, 1.165) is 0 Å². The monoisotopic (exact) mass is 219 g/mol. The van der Waals surface area contributed by atoms with Gasteiger partial charge in [0.25, 0.3) is 0 Å². The summed E-state index contributed by atoms with van der Waals surface area (Å²) in [7, 11) is 0. The molecule has 0 spiro atoms. The molecular weight excluding hydrogens is 210 g/mol. The molecule has 2 aromatic rings. The van der Waals surface area contributed by atoms with Gasteiger partial charge in [-0.05, 0) is 13.8 Å². The molecule has 0 aliphatic rings. The van der Waals surface area contributed by atoms with Crippen LogP contribution >= 0.6 is 0 Å². The smallest absolute Gasteiger partial charge is 0.339 e. The molecule has 0 unspecified atom stereocenters.